The molecule has 3 rings (SSSR count). The van der Waals surface area contributed by atoms with Crippen molar-refractivity contribution in [3.05, 3.63) is 17.8 Å². The van der Waals surface area contributed by atoms with Crippen LogP contribution in [-0.2, 0) is 16.0 Å². The van der Waals surface area contributed by atoms with E-state index in [1.807, 2.05) is 6.92 Å². The summed E-state index contributed by atoms with van der Waals surface area (Å²) >= 11 is 0. The minimum Gasteiger partial charge on any atom is -0.481 e. The molecule has 1 N–H and O–H groups in total. The Bertz CT molecular complexity index is 568. The summed E-state index contributed by atoms with van der Waals surface area (Å²) in [6.45, 7) is 3.38. The first-order valence-corrected chi connectivity index (χ1v) is 7.14. The van der Waals surface area contributed by atoms with Crippen molar-refractivity contribution in [3.8, 4) is 0 Å². The van der Waals surface area contributed by atoms with Crippen molar-refractivity contribution in [1.29, 1.82) is 0 Å². The van der Waals surface area contributed by atoms with Crippen molar-refractivity contribution in [2.24, 2.45) is 11.3 Å². The molecule has 0 aliphatic carbocycles. The van der Waals surface area contributed by atoms with Gasteiger partial charge in [0.15, 0.2) is 11.6 Å². The second kappa shape index (κ2) is 5.22. The number of carboxylic acids is 1. The van der Waals surface area contributed by atoms with Gasteiger partial charge in [-0.3, -0.25) is 4.79 Å². The fourth-order valence-electron chi connectivity index (χ4n) is 3.32. The van der Waals surface area contributed by atoms with E-state index in [0.717, 1.165) is 0 Å². The molecule has 0 radical (unpaired) electrons. The maximum Gasteiger partial charge on any atom is 0.311 e. The molecule has 0 aromatic carbocycles. The monoisotopic (exact) mass is 295 g/mol. The predicted octanol–water partition coefficient (Wildman–Crippen LogP) is 1.11. The summed E-state index contributed by atoms with van der Waals surface area (Å²) in [7, 11) is 0. The number of nitrogens with zero attached hydrogens (tertiary/aromatic N) is 3. The Labute approximate surface area is 122 Å². The molecule has 0 saturated carbocycles. The Balaban J connectivity index is 1.94. The van der Waals surface area contributed by atoms with Crippen LogP contribution in [0.1, 0.15) is 19.0 Å². The number of halogens is 1. The van der Waals surface area contributed by atoms with Crippen molar-refractivity contribution in [3.63, 3.8) is 0 Å². The molecule has 2 saturated heterocycles. The van der Waals surface area contributed by atoms with Crippen molar-refractivity contribution >= 4 is 11.8 Å². The van der Waals surface area contributed by atoms with E-state index in [1.54, 1.807) is 4.90 Å². The first-order chi connectivity index (χ1) is 10.1. The summed E-state index contributed by atoms with van der Waals surface area (Å²) < 4.78 is 19.8. The smallest absolute Gasteiger partial charge is 0.311 e. The number of ether oxygens (including phenoxy) is 1. The molecule has 0 bridgehead atoms. The third-order valence-corrected chi connectivity index (χ3v) is 4.61. The van der Waals surface area contributed by atoms with E-state index in [1.165, 1.54) is 6.33 Å². The van der Waals surface area contributed by atoms with Crippen LogP contribution in [-0.4, -0.2) is 47.3 Å². The Morgan fingerprint density at radius 2 is 2.43 bits per heavy atom. The third-order valence-electron chi connectivity index (χ3n) is 4.61. The van der Waals surface area contributed by atoms with Crippen molar-refractivity contribution < 1.29 is 19.0 Å². The van der Waals surface area contributed by atoms with Gasteiger partial charge in [0.25, 0.3) is 0 Å². The molecule has 21 heavy (non-hydrogen) atoms. The summed E-state index contributed by atoms with van der Waals surface area (Å²) in [5.41, 5.74) is -0.502. The van der Waals surface area contributed by atoms with Gasteiger partial charge in [-0.25, -0.2) is 14.4 Å². The molecule has 0 unspecified atom stereocenters. The van der Waals surface area contributed by atoms with Gasteiger partial charge in [-0.2, -0.15) is 0 Å². The number of carbonyl (C=O) groups is 1. The van der Waals surface area contributed by atoms with Crippen molar-refractivity contribution in [1.82, 2.24) is 9.97 Å². The number of aromatic nitrogens is 2. The van der Waals surface area contributed by atoms with Crippen LogP contribution in [0.2, 0.25) is 0 Å². The van der Waals surface area contributed by atoms with Crippen LogP contribution in [0.3, 0.4) is 0 Å². The molecule has 2 aliphatic rings. The van der Waals surface area contributed by atoms with E-state index in [2.05, 4.69) is 9.97 Å². The zero-order chi connectivity index (χ0) is 15.0. The quantitative estimate of drug-likeness (QED) is 0.900. The van der Waals surface area contributed by atoms with Crippen LogP contribution in [0.4, 0.5) is 10.2 Å². The van der Waals surface area contributed by atoms with Gasteiger partial charge in [-0.05, 0) is 12.8 Å². The van der Waals surface area contributed by atoms with Gasteiger partial charge in [0.1, 0.15) is 6.33 Å². The highest BCUT2D eigenvalue weighted by Crippen LogP contribution is 2.44. The minimum absolute atomic E-state index is 0.136. The summed E-state index contributed by atoms with van der Waals surface area (Å²) in [5.74, 6) is -1.20. The fraction of sp³-hybridized carbons (Fsp3) is 0.643. The van der Waals surface area contributed by atoms with Gasteiger partial charge in [-0.15, -0.1) is 0 Å². The lowest BCUT2D eigenvalue weighted by Crippen LogP contribution is -2.44. The number of rotatable bonds is 3. The van der Waals surface area contributed by atoms with Gasteiger partial charge in [0.05, 0.1) is 17.7 Å². The van der Waals surface area contributed by atoms with Crippen molar-refractivity contribution in [2.75, 3.05) is 31.2 Å². The molecule has 6 nitrogen and oxygen atoms in total. The molecule has 2 fully saturated rings. The number of fused-ring (bicyclic) bond motifs is 1. The van der Waals surface area contributed by atoms with E-state index in [0.29, 0.717) is 38.3 Å². The highest BCUT2D eigenvalue weighted by molar-refractivity contribution is 5.77. The van der Waals surface area contributed by atoms with Crippen LogP contribution >= 0.6 is 0 Å². The van der Waals surface area contributed by atoms with E-state index in [4.69, 9.17) is 4.74 Å². The third kappa shape index (κ3) is 2.16. The molecule has 0 amide bonds. The molecule has 114 valence electrons. The SMILES string of the molecule is CCc1ncnc(N2C[C@@H]3COCC[C@]3(C(=O)O)C2)c1F. The zero-order valence-corrected chi connectivity index (χ0v) is 11.9. The Hall–Kier alpha value is -1.76. The molecule has 2 atom stereocenters. The first kappa shape index (κ1) is 14.2. The maximum absolute atomic E-state index is 14.4. The average molecular weight is 295 g/mol. The lowest BCUT2D eigenvalue weighted by atomic mass is 9.74. The highest BCUT2D eigenvalue weighted by atomic mass is 19.1. The van der Waals surface area contributed by atoms with Gasteiger partial charge < -0.3 is 14.7 Å². The molecular formula is C14H18FN3O3. The lowest BCUT2D eigenvalue weighted by Gasteiger charge is -2.33. The van der Waals surface area contributed by atoms with Crippen LogP contribution in [0, 0.1) is 17.2 Å². The number of carboxylic acid groups (broad SMARTS) is 1. The number of aliphatic carboxylic acids is 1. The summed E-state index contributed by atoms with van der Waals surface area (Å²) in [6, 6.07) is 0. The molecule has 0 spiro atoms. The summed E-state index contributed by atoms with van der Waals surface area (Å²) in [6.07, 6.45) is 2.27. The highest BCUT2D eigenvalue weighted by Gasteiger charge is 2.54. The molecule has 1 aromatic rings. The zero-order valence-electron chi connectivity index (χ0n) is 11.9. The van der Waals surface area contributed by atoms with Gasteiger partial charge in [-0.1, -0.05) is 6.92 Å². The molecule has 7 heteroatoms. The average Bonchev–Trinajstić information content (AvgIpc) is 2.88. The Morgan fingerprint density at radius 1 is 1.62 bits per heavy atom. The van der Waals surface area contributed by atoms with E-state index < -0.39 is 17.2 Å². The number of hydrogen-bond donors (Lipinski definition) is 1. The maximum atomic E-state index is 14.4. The lowest BCUT2D eigenvalue weighted by molar-refractivity contribution is -0.157. The second-order valence-corrected chi connectivity index (χ2v) is 5.68. The van der Waals surface area contributed by atoms with Crippen LogP contribution < -0.4 is 4.90 Å². The Kier molecular flexibility index (Phi) is 3.52. The topological polar surface area (TPSA) is 75.5 Å². The molecule has 3 heterocycles. The van der Waals surface area contributed by atoms with Gasteiger partial charge in [0.2, 0.25) is 0 Å². The summed E-state index contributed by atoms with van der Waals surface area (Å²) in [5, 5.41) is 9.63. The number of hydrogen-bond acceptors (Lipinski definition) is 5. The molecule has 1 aromatic heterocycles. The number of aryl methyl sites for hydroxylation is 1. The molecule has 2 aliphatic heterocycles. The van der Waals surface area contributed by atoms with E-state index in [9.17, 15) is 14.3 Å². The van der Waals surface area contributed by atoms with Crippen LogP contribution in [0.15, 0.2) is 6.33 Å². The normalized spacial score (nSPS) is 28.5. The second-order valence-electron chi connectivity index (χ2n) is 5.68. The number of anilines is 1. The van der Waals surface area contributed by atoms with Gasteiger partial charge >= 0.3 is 5.97 Å². The standard InChI is InChI=1S/C14H18FN3O3/c1-2-10-11(15)12(17-8-16-10)18-5-9-6-21-4-3-14(9,7-18)13(19)20/h8-9H,2-7H2,1H3,(H,19,20)/t9-,14+/m1/s1. The van der Waals surface area contributed by atoms with E-state index >= 15 is 0 Å². The van der Waals surface area contributed by atoms with E-state index in [-0.39, 0.29) is 18.3 Å². The van der Waals surface area contributed by atoms with Crippen LogP contribution in [0.25, 0.3) is 0 Å². The predicted molar refractivity (Wildman–Crippen MR) is 72.6 cm³/mol. The largest absolute Gasteiger partial charge is 0.481 e. The fourth-order valence-corrected chi connectivity index (χ4v) is 3.32. The van der Waals surface area contributed by atoms with Crippen molar-refractivity contribution in [2.45, 2.75) is 19.8 Å². The minimum atomic E-state index is -0.859. The Morgan fingerprint density at radius 3 is 3.10 bits per heavy atom. The molecular weight excluding hydrogens is 277 g/mol. The van der Waals surface area contributed by atoms with Crippen LogP contribution in [0.5, 0.6) is 0 Å². The summed E-state index contributed by atoms with van der Waals surface area (Å²) in [4.78, 5) is 21.4. The van der Waals surface area contributed by atoms with Gasteiger partial charge in [0, 0.05) is 25.6 Å². The first-order valence-electron chi connectivity index (χ1n) is 7.14.